The first-order valence-corrected chi connectivity index (χ1v) is 16.7. The molecular formula is C40H24N4S2. The molecule has 4 nitrogen and oxygen atoms in total. The molecule has 0 amide bonds. The molecule has 0 unspecified atom stereocenters. The van der Waals surface area contributed by atoms with Crippen molar-refractivity contribution in [2.45, 2.75) is 0 Å². The zero-order chi connectivity index (χ0) is 30.5. The molecule has 0 fully saturated rings. The van der Waals surface area contributed by atoms with Crippen molar-refractivity contribution in [3.63, 3.8) is 0 Å². The molecule has 0 atom stereocenters. The van der Waals surface area contributed by atoms with Crippen molar-refractivity contribution in [2.75, 3.05) is 0 Å². The van der Waals surface area contributed by atoms with Crippen LogP contribution in [0.2, 0.25) is 0 Å². The van der Waals surface area contributed by atoms with E-state index in [-0.39, 0.29) is 0 Å². The second kappa shape index (κ2) is 11.1. The summed E-state index contributed by atoms with van der Waals surface area (Å²) in [4.78, 5) is 20.1. The molecule has 6 heteroatoms. The third-order valence-electron chi connectivity index (χ3n) is 8.57. The highest BCUT2D eigenvalue weighted by Gasteiger charge is 2.19. The first-order valence-electron chi connectivity index (χ1n) is 15.0. The van der Waals surface area contributed by atoms with E-state index in [1.54, 1.807) is 22.7 Å². The summed E-state index contributed by atoms with van der Waals surface area (Å²) in [6, 6.07) is 39.6. The fraction of sp³-hybridized carbons (Fsp3) is 0. The van der Waals surface area contributed by atoms with E-state index in [2.05, 4.69) is 119 Å². The van der Waals surface area contributed by atoms with Crippen LogP contribution in [-0.2, 0) is 0 Å². The molecule has 4 heterocycles. The quantitative estimate of drug-likeness (QED) is 0.179. The predicted molar refractivity (Wildman–Crippen MR) is 193 cm³/mol. The zero-order valence-electron chi connectivity index (χ0n) is 24.5. The van der Waals surface area contributed by atoms with Gasteiger partial charge in [-0.15, -0.1) is 22.7 Å². The highest BCUT2D eigenvalue weighted by atomic mass is 32.1. The number of nitrogens with zero attached hydrogens (tertiary/aromatic N) is 4. The van der Waals surface area contributed by atoms with Crippen molar-refractivity contribution in [1.29, 1.82) is 0 Å². The van der Waals surface area contributed by atoms with Crippen LogP contribution in [0.4, 0.5) is 0 Å². The molecule has 9 rings (SSSR count). The summed E-state index contributed by atoms with van der Waals surface area (Å²) in [7, 11) is 0. The highest BCUT2D eigenvalue weighted by Crippen LogP contribution is 2.45. The van der Waals surface area contributed by atoms with E-state index < -0.39 is 0 Å². The second-order valence-corrected chi connectivity index (χ2v) is 13.0. The standard InChI is InChI=1S/C40H24N4S2/c1-2-6-26-17-27(10-9-25(26)5-1)28-11-12-33-34(18-28)40(30-14-16-44-36(20-30)38-22-42-24-46-38)32-8-4-3-7-31(32)39(33)29-13-15-43-35(19-29)37-21-41-23-45-37/h1-24H. The number of pyridine rings is 2. The van der Waals surface area contributed by atoms with E-state index in [1.165, 1.54) is 54.6 Å². The molecule has 0 aliphatic rings. The Labute approximate surface area is 273 Å². The van der Waals surface area contributed by atoms with Crippen LogP contribution >= 0.6 is 22.7 Å². The van der Waals surface area contributed by atoms with E-state index in [4.69, 9.17) is 9.97 Å². The largest absolute Gasteiger partial charge is 0.255 e. The lowest BCUT2D eigenvalue weighted by Gasteiger charge is -2.19. The molecule has 0 saturated heterocycles. The van der Waals surface area contributed by atoms with E-state index in [0.717, 1.165) is 32.3 Å². The maximum Gasteiger partial charge on any atom is 0.0824 e. The second-order valence-electron chi connectivity index (χ2n) is 11.2. The lowest BCUT2D eigenvalue weighted by Crippen LogP contribution is -1.93. The summed E-state index contributed by atoms with van der Waals surface area (Å²) >= 11 is 3.21. The Morgan fingerprint density at radius 3 is 1.59 bits per heavy atom. The molecule has 0 spiro atoms. The predicted octanol–water partition coefficient (Wildman–Crippen LogP) is 11.2. The van der Waals surface area contributed by atoms with E-state index in [0.29, 0.717) is 0 Å². The Bertz CT molecular complexity index is 2540. The molecule has 9 aromatic rings. The molecule has 0 bridgehead atoms. The molecule has 0 aliphatic carbocycles. The van der Waals surface area contributed by atoms with Gasteiger partial charge in [0.15, 0.2) is 0 Å². The zero-order valence-corrected chi connectivity index (χ0v) is 26.1. The molecular weight excluding hydrogens is 601 g/mol. The normalized spacial score (nSPS) is 11.5. The van der Waals surface area contributed by atoms with Gasteiger partial charge in [0.05, 0.1) is 32.2 Å². The number of benzene rings is 5. The van der Waals surface area contributed by atoms with Crippen LogP contribution in [-0.4, -0.2) is 19.9 Å². The summed E-state index contributed by atoms with van der Waals surface area (Å²) < 4.78 is 0. The van der Waals surface area contributed by atoms with Gasteiger partial charge in [0.2, 0.25) is 0 Å². The van der Waals surface area contributed by atoms with Gasteiger partial charge in [-0.2, -0.15) is 0 Å². The van der Waals surface area contributed by atoms with E-state index in [1.807, 2.05) is 35.8 Å². The molecule has 5 aromatic carbocycles. The number of hydrogen-bond donors (Lipinski definition) is 0. The van der Waals surface area contributed by atoms with E-state index >= 15 is 0 Å². The number of fused-ring (bicyclic) bond motifs is 3. The van der Waals surface area contributed by atoms with Gasteiger partial charge in [0.25, 0.3) is 0 Å². The van der Waals surface area contributed by atoms with E-state index in [9.17, 15) is 0 Å². The van der Waals surface area contributed by atoms with Crippen LogP contribution in [0.3, 0.4) is 0 Å². The average molecular weight is 625 g/mol. The minimum absolute atomic E-state index is 0.926. The van der Waals surface area contributed by atoms with Crippen molar-refractivity contribution in [3.8, 4) is 54.5 Å². The maximum atomic E-state index is 4.72. The number of aromatic nitrogens is 4. The summed E-state index contributed by atoms with van der Waals surface area (Å²) in [6.45, 7) is 0. The van der Waals surface area contributed by atoms with Crippen LogP contribution in [0.1, 0.15) is 0 Å². The van der Waals surface area contributed by atoms with Crippen LogP contribution in [0, 0.1) is 0 Å². The Morgan fingerprint density at radius 1 is 0.413 bits per heavy atom. The molecule has 216 valence electrons. The van der Waals surface area contributed by atoms with Gasteiger partial charge in [0, 0.05) is 24.8 Å². The summed E-state index contributed by atoms with van der Waals surface area (Å²) in [5.74, 6) is 0. The smallest absolute Gasteiger partial charge is 0.0824 e. The summed E-state index contributed by atoms with van der Waals surface area (Å²) in [5, 5.41) is 7.24. The van der Waals surface area contributed by atoms with Crippen LogP contribution in [0.15, 0.2) is 145 Å². The Morgan fingerprint density at radius 2 is 0.957 bits per heavy atom. The first kappa shape index (κ1) is 26.8. The monoisotopic (exact) mass is 624 g/mol. The summed E-state index contributed by atoms with van der Waals surface area (Å²) in [5.41, 5.74) is 12.6. The summed E-state index contributed by atoms with van der Waals surface area (Å²) in [6.07, 6.45) is 7.59. The van der Waals surface area contributed by atoms with Crippen LogP contribution in [0.5, 0.6) is 0 Å². The Balaban J connectivity index is 1.36. The Hall–Kier alpha value is -5.56. The number of thiazole rings is 2. The van der Waals surface area contributed by atoms with Gasteiger partial charge < -0.3 is 0 Å². The van der Waals surface area contributed by atoms with Gasteiger partial charge >= 0.3 is 0 Å². The number of rotatable bonds is 5. The van der Waals surface area contributed by atoms with Gasteiger partial charge in [-0.05, 0) is 102 Å². The molecule has 46 heavy (non-hydrogen) atoms. The van der Waals surface area contributed by atoms with Crippen molar-refractivity contribution in [1.82, 2.24) is 19.9 Å². The lowest BCUT2D eigenvalue weighted by atomic mass is 9.85. The van der Waals surface area contributed by atoms with Crippen LogP contribution < -0.4 is 0 Å². The SMILES string of the molecule is c1ccc2cc(-c3ccc4c(-c5ccnc(-c6cncs6)c5)c5ccccc5c(-c5ccnc(-c6cncs6)c5)c4c3)ccc2c1. The van der Waals surface area contributed by atoms with Crippen molar-refractivity contribution < 1.29 is 0 Å². The maximum absolute atomic E-state index is 4.72. The van der Waals surface area contributed by atoms with Gasteiger partial charge in [-0.3, -0.25) is 19.9 Å². The van der Waals surface area contributed by atoms with Gasteiger partial charge in [-0.25, -0.2) is 0 Å². The fourth-order valence-electron chi connectivity index (χ4n) is 6.47. The molecule has 0 aliphatic heterocycles. The minimum atomic E-state index is 0.926. The topological polar surface area (TPSA) is 51.6 Å². The fourth-order valence-corrected chi connectivity index (χ4v) is 7.65. The number of hydrogen-bond acceptors (Lipinski definition) is 6. The molecule has 0 N–H and O–H groups in total. The first-order chi connectivity index (χ1) is 22.8. The molecule has 0 saturated carbocycles. The van der Waals surface area contributed by atoms with Crippen molar-refractivity contribution >= 4 is 55.0 Å². The average Bonchev–Trinajstić information content (AvgIpc) is 3.86. The minimum Gasteiger partial charge on any atom is -0.255 e. The third-order valence-corrected chi connectivity index (χ3v) is 10.2. The highest BCUT2D eigenvalue weighted by molar-refractivity contribution is 7.13. The van der Waals surface area contributed by atoms with Gasteiger partial charge in [-0.1, -0.05) is 72.8 Å². The van der Waals surface area contributed by atoms with Crippen LogP contribution in [0.25, 0.3) is 86.8 Å². The molecule has 0 radical (unpaired) electrons. The van der Waals surface area contributed by atoms with Crippen molar-refractivity contribution in [3.05, 3.63) is 145 Å². The van der Waals surface area contributed by atoms with Gasteiger partial charge in [0.1, 0.15) is 0 Å². The van der Waals surface area contributed by atoms with Crippen molar-refractivity contribution in [2.24, 2.45) is 0 Å². The third kappa shape index (κ3) is 4.58. The Kier molecular flexibility index (Phi) is 6.47. The molecule has 4 aromatic heterocycles. The lowest BCUT2D eigenvalue weighted by molar-refractivity contribution is 1.33.